The number of carbonyl (C=O) groups is 1. The second kappa shape index (κ2) is 10.5. The fourth-order valence-electron chi connectivity index (χ4n) is 2.83. The lowest BCUT2D eigenvalue weighted by atomic mass is 10.2. The fourth-order valence-corrected chi connectivity index (χ4v) is 2.83. The van der Waals surface area contributed by atoms with Gasteiger partial charge in [0.2, 0.25) is 5.88 Å². The zero-order chi connectivity index (χ0) is 20.5. The summed E-state index contributed by atoms with van der Waals surface area (Å²) >= 11 is 0. The lowest BCUT2D eigenvalue weighted by Crippen LogP contribution is -2.10. The predicted molar refractivity (Wildman–Crippen MR) is 112 cm³/mol. The van der Waals surface area contributed by atoms with Crippen molar-refractivity contribution in [2.24, 2.45) is 5.92 Å². The Kier molecular flexibility index (Phi) is 8.11. The minimum absolute atomic E-state index is 0.331. The fraction of sp³-hybridized carbons (Fsp3) is 0.455. The Bertz CT molecular complexity index is 792. The molecule has 0 atom stereocenters. The lowest BCUT2D eigenvalue weighted by Gasteiger charge is -2.12. The van der Waals surface area contributed by atoms with Gasteiger partial charge in [-0.2, -0.15) is 5.10 Å². The molecule has 152 valence electrons. The average Bonchev–Trinajstić information content (AvgIpc) is 2.93. The molecule has 0 aliphatic rings. The number of carbonyl (C=O) groups excluding carboxylic acids is 1. The first kappa shape index (κ1) is 21.5. The molecule has 0 saturated carbocycles. The molecule has 1 aromatic heterocycles. The van der Waals surface area contributed by atoms with Crippen LogP contribution in [0.2, 0.25) is 0 Å². The average molecular weight is 386 g/mol. The number of nitrogens with one attached hydrogen (secondary N) is 1. The van der Waals surface area contributed by atoms with Gasteiger partial charge >= 0.3 is 5.97 Å². The van der Waals surface area contributed by atoms with Crippen LogP contribution in [-0.4, -0.2) is 29.0 Å². The summed E-state index contributed by atoms with van der Waals surface area (Å²) in [5.41, 5.74) is 3.99. The van der Waals surface area contributed by atoms with Crippen LogP contribution in [0, 0.1) is 12.8 Å². The second-order valence-corrected chi connectivity index (χ2v) is 6.94. The molecule has 2 rings (SSSR count). The molecule has 0 spiro atoms. The third-order valence-electron chi connectivity index (χ3n) is 4.10. The largest absolute Gasteiger partial charge is 0.478 e. The Balaban J connectivity index is 2.05. The number of nitrogens with zero attached hydrogens (tertiary/aromatic N) is 2. The monoisotopic (exact) mass is 385 g/mol. The van der Waals surface area contributed by atoms with E-state index in [4.69, 9.17) is 9.47 Å². The Morgan fingerprint density at radius 2 is 1.93 bits per heavy atom. The van der Waals surface area contributed by atoms with Gasteiger partial charge in [0, 0.05) is 24.9 Å². The molecular weight excluding hydrogens is 354 g/mol. The number of esters is 1. The van der Waals surface area contributed by atoms with Crippen LogP contribution in [-0.2, 0) is 22.6 Å². The molecule has 0 saturated heterocycles. The van der Waals surface area contributed by atoms with Gasteiger partial charge in [-0.05, 0) is 50.5 Å². The molecule has 0 fully saturated rings. The molecule has 2 aromatic rings. The number of anilines is 1. The highest BCUT2D eigenvalue weighted by Crippen LogP contribution is 2.25. The van der Waals surface area contributed by atoms with Crippen molar-refractivity contribution in [2.45, 2.75) is 47.7 Å². The Morgan fingerprint density at radius 1 is 1.21 bits per heavy atom. The maximum absolute atomic E-state index is 11.4. The van der Waals surface area contributed by atoms with Crippen LogP contribution in [0.3, 0.4) is 0 Å². The topological polar surface area (TPSA) is 65.4 Å². The normalized spacial score (nSPS) is 11.2. The van der Waals surface area contributed by atoms with Gasteiger partial charge in [-0.1, -0.05) is 26.0 Å². The summed E-state index contributed by atoms with van der Waals surface area (Å²) in [5.74, 6) is 1.01. The van der Waals surface area contributed by atoms with E-state index in [1.54, 1.807) is 13.0 Å². The molecule has 6 nitrogen and oxygen atoms in total. The molecule has 0 aliphatic heterocycles. The Hall–Kier alpha value is -2.76. The zero-order valence-corrected chi connectivity index (χ0v) is 17.5. The van der Waals surface area contributed by atoms with Gasteiger partial charge in [-0.3, -0.25) is 0 Å². The van der Waals surface area contributed by atoms with Crippen LogP contribution in [0.5, 0.6) is 5.88 Å². The first-order chi connectivity index (χ1) is 13.4. The molecular formula is C22H31N3O3. The van der Waals surface area contributed by atoms with Gasteiger partial charge in [-0.15, -0.1) is 0 Å². The van der Waals surface area contributed by atoms with Crippen molar-refractivity contribution in [3.05, 3.63) is 47.2 Å². The highest BCUT2D eigenvalue weighted by Gasteiger charge is 2.17. The van der Waals surface area contributed by atoms with E-state index < -0.39 is 0 Å². The van der Waals surface area contributed by atoms with E-state index in [9.17, 15) is 4.79 Å². The number of ether oxygens (including phenoxy) is 2. The summed E-state index contributed by atoms with van der Waals surface area (Å²) in [4.78, 5) is 11.4. The van der Waals surface area contributed by atoms with Crippen molar-refractivity contribution >= 4 is 17.7 Å². The maximum atomic E-state index is 11.4. The summed E-state index contributed by atoms with van der Waals surface area (Å²) in [7, 11) is 0. The van der Waals surface area contributed by atoms with Crippen molar-refractivity contribution in [3.8, 4) is 5.88 Å². The van der Waals surface area contributed by atoms with Crippen LogP contribution >= 0.6 is 0 Å². The van der Waals surface area contributed by atoms with Crippen molar-refractivity contribution in [2.75, 3.05) is 18.5 Å². The van der Waals surface area contributed by atoms with Crippen LogP contribution in [0.15, 0.2) is 30.3 Å². The standard InChI is InChI=1S/C22H31N3O3/c1-6-27-21(26)13-10-18-8-11-19(12-9-18)23-14-20-17(5)24-25(15-16(3)4)22(20)28-7-2/h8-13,16,23H,6-7,14-15H2,1-5H3. The third-order valence-corrected chi connectivity index (χ3v) is 4.10. The van der Waals surface area contributed by atoms with Gasteiger partial charge in [0.15, 0.2) is 0 Å². The van der Waals surface area contributed by atoms with Crippen molar-refractivity contribution < 1.29 is 14.3 Å². The van der Waals surface area contributed by atoms with Crippen LogP contribution in [0.25, 0.3) is 6.08 Å². The third kappa shape index (κ3) is 6.15. The van der Waals surface area contributed by atoms with E-state index in [0.717, 1.165) is 34.9 Å². The summed E-state index contributed by atoms with van der Waals surface area (Å²) in [5, 5.41) is 8.08. The van der Waals surface area contributed by atoms with E-state index in [2.05, 4.69) is 24.3 Å². The first-order valence-electron chi connectivity index (χ1n) is 9.82. The van der Waals surface area contributed by atoms with Crippen molar-refractivity contribution in [1.29, 1.82) is 0 Å². The van der Waals surface area contributed by atoms with Crippen LogP contribution in [0.1, 0.15) is 44.5 Å². The molecule has 0 bridgehead atoms. The van der Waals surface area contributed by atoms with E-state index in [-0.39, 0.29) is 5.97 Å². The SMILES string of the molecule is CCOC(=O)C=Cc1ccc(NCc2c(C)nn(CC(C)C)c2OCC)cc1. The van der Waals surface area contributed by atoms with Crippen molar-refractivity contribution in [3.63, 3.8) is 0 Å². The summed E-state index contributed by atoms with van der Waals surface area (Å²) < 4.78 is 12.7. The predicted octanol–water partition coefficient (Wildman–Crippen LogP) is 4.43. The van der Waals surface area contributed by atoms with Gasteiger partial charge in [0.05, 0.1) is 24.5 Å². The zero-order valence-electron chi connectivity index (χ0n) is 17.5. The number of hydrogen-bond donors (Lipinski definition) is 1. The Morgan fingerprint density at radius 3 is 2.54 bits per heavy atom. The summed E-state index contributed by atoms with van der Waals surface area (Å²) in [6, 6.07) is 7.88. The number of rotatable bonds is 10. The number of hydrogen-bond acceptors (Lipinski definition) is 5. The lowest BCUT2D eigenvalue weighted by molar-refractivity contribution is -0.137. The quantitative estimate of drug-likeness (QED) is 0.484. The molecule has 1 aromatic carbocycles. The number of aryl methyl sites for hydroxylation is 1. The molecule has 0 unspecified atom stereocenters. The maximum Gasteiger partial charge on any atom is 0.330 e. The Labute approximate surface area is 167 Å². The van der Waals surface area contributed by atoms with Gasteiger partial charge in [0.1, 0.15) is 0 Å². The molecule has 0 amide bonds. The second-order valence-electron chi connectivity index (χ2n) is 6.94. The molecule has 1 N–H and O–H groups in total. The van der Waals surface area contributed by atoms with Gasteiger partial charge in [-0.25, -0.2) is 9.48 Å². The van der Waals surface area contributed by atoms with E-state index in [0.29, 0.717) is 25.7 Å². The molecule has 0 aliphatic carbocycles. The summed E-state index contributed by atoms with van der Waals surface area (Å²) in [6.07, 6.45) is 3.18. The van der Waals surface area contributed by atoms with E-state index in [1.165, 1.54) is 6.08 Å². The minimum Gasteiger partial charge on any atom is -0.478 e. The first-order valence-corrected chi connectivity index (χ1v) is 9.82. The van der Waals surface area contributed by atoms with Gasteiger partial charge < -0.3 is 14.8 Å². The van der Waals surface area contributed by atoms with Crippen LogP contribution in [0.4, 0.5) is 5.69 Å². The molecule has 0 radical (unpaired) electrons. The minimum atomic E-state index is -0.331. The molecule has 28 heavy (non-hydrogen) atoms. The number of benzene rings is 1. The molecule has 6 heteroatoms. The van der Waals surface area contributed by atoms with Gasteiger partial charge in [0.25, 0.3) is 0 Å². The highest BCUT2D eigenvalue weighted by molar-refractivity contribution is 5.87. The molecule has 1 heterocycles. The van der Waals surface area contributed by atoms with E-state index >= 15 is 0 Å². The number of aromatic nitrogens is 2. The van der Waals surface area contributed by atoms with Crippen molar-refractivity contribution in [1.82, 2.24) is 9.78 Å². The smallest absolute Gasteiger partial charge is 0.330 e. The van der Waals surface area contributed by atoms with Crippen LogP contribution < -0.4 is 10.1 Å². The highest BCUT2D eigenvalue weighted by atomic mass is 16.5. The summed E-state index contributed by atoms with van der Waals surface area (Å²) in [6.45, 7) is 12.6. The van der Waals surface area contributed by atoms with E-state index in [1.807, 2.05) is 42.8 Å².